The number of nitriles is 1. The molecule has 0 saturated carbocycles. The first-order valence-corrected chi connectivity index (χ1v) is 9.36. The fourth-order valence-electron chi connectivity index (χ4n) is 2.90. The van der Waals surface area contributed by atoms with Crippen LogP contribution in [0.25, 0.3) is 0 Å². The Balaban J connectivity index is 2.25. The second-order valence-electron chi connectivity index (χ2n) is 5.62. The highest BCUT2D eigenvalue weighted by Gasteiger charge is 2.53. The summed E-state index contributed by atoms with van der Waals surface area (Å²) >= 11 is 0. The van der Waals surface area contributed by atoms with Gasteiger partial charge in [0, 0.05) is 17.9 Å². The van der Waals surface area contributed by atoms with Crippen molar-refractivity contribution >= 4 is 10.0 Å². The number of aliphatic hydroxyl groups is 1. The van der Waals surface area contributed by atoms with E-state index in [4.69, 9.17) is 0 Å². The van der Waals surface area contributed by atoms with E-state index in [0.717, 1.165) is 34.5 Å². The van der Waals surface area contributed by atoms with Crippen molar-refractivity contribution in [3.63, 3.8) is 0 Å². The molecular formula is C17H20N2O3S. The minimum atomic E-state index is -3.52. The van der Waals surface area contributed by atoms with E-state index < -0.39 is 22.1 Å². The van der Waals surface area contributed by atoms with Crippen LogP contribution >= 0.6 is 0 Å². The molecule has 0 aliphatic carbocycles. The maximum Gasteiger partial charge on any atom is 0.212 e. The van der Waals surface area contributed by atoms with Crippen LogP contribution in [0.2, 0.25) is 0 Å². The topological polar surface area (TPSA) is 81.4 Å². The molecule has 1 fully saturated rings. The minimum Gasteiger partial charge on any atom is -0.395 e. The second-order valence-corrected chi connectivity index (χ2v) is 7.50. The summed E-state index contributed by atoms with van der Waals surface area (Å²) in [6, 6.07) is 8.10. The Morgan fingerprint density at radius 3 is 2.43 bits per heavy atom. The zero-order chi connectivity index (χ0) is 17.0. The van der Waals surface area contributed by atoms with Crippen LogP contribution in [0.15, 0.2) is 24.3 Å². The third-order valence-corrected chi connectivity index (χ3v) is 5.23. The van der Waals surface area contributed by atoms with Gasteiger partial charge < -0.3 is 5.11 Å². The maximum absolute atomic E-state index is 11.8. The highest BCUT2D eigenvalue weighted by atomic mass is 32.2. The van der Waals surface area contributed by atoms with Crippen molar-refractivity contribution in [2.45, 2.75) is 37.8 Å². The number of rotatable bonds is 4. The van der Waals surface area contributed by atoms with Gasteiger partial charge in [-0.2, -0.15) is 9.57 Å². The van der Waals surface area contributed by atoms with E-state index in [9.17, 15) is 18.8 Å². The Morgan fingerprint density at radius 2 is 1.96 bits per heavy atom. The molecule has 1 heterocycles. The van der Waals surface area contributed by atoms with Crippen LogP contribution in [0.3, 0.4) is 0 Å². The van der Waals surface area contributed by atoms with Gasteiger partial charge in [0.2, 0.25) is 10.0 Å². The van der Waals surface area contributed by atoms with E-state index in [-0.39, 0.29) is 12.5 Å². The Morgan fingerprint density at radius 1 is 1.30 bits per heavy atom. The predicted octanol–water partition coefficient (Wildman–Crippen LogP) is 1.45. The Bertz CT molecular complexity index is 754. The summed E-state index contributed by atoms with van der Waals surface area (Å²) < 4.78 is 24.6. The molecule has 1 aromatic carbocycles. The highest BCUT2D eigenvalue weighted by Crippen LogP contribution is 2.41. The smallest absolute Gasteiger partial charge is 0.212 e. The standard InChI is InChI=1S/C17H20N2O3S/c1-3-4-5-6-13-7-9-14(10-8-13)17-15(11-18)19(16(17)12-20)23(2,21)22/h7-10,15-17,20H,3-4,12H2,1-2H3/t15-,16+,17-/m1/s1. The van der Waals surface area contributed by atoms with Crippen molar-refractivity contribution < 1.29 is 13.5 Å². The normalized spacial score (nSPS) is 24.2. The quantitative estimate of drug-likeness (QED) is 0.846. The van der Waals surface area contributed by atoms with Crippen LogP contribution in [-0.4, -0.2) is 42.8 Å². The number of hydrogen-bond donors (Lipinski definition) is 1. The lowest BCUT2D eigenvalue weighted by Gasteiger charge is -2.49. The first-order chi connectivity index (χ1) is 10.9. The monoisotopic (exact) mass is 332 g/mol. The molecule has 0 aromatic heterocycles. The first kappa shape index (κ1) is 17.5. The molecule has 0 bridgehead atoms. The van der Waals surface area contributed by atoms with Gasteiger partial charge >= 0.3 is 0 Å². The molecule has 0 radical (unpaired) electrons. The summed E-state index contributed by atoms with van der Waals surface area (Å²) in [6.45, 7) is 1.76. The van der Waals surface area contributed by atoms with E-state index in [1.54, 1.807) is 0 Å². The number of aliphatic hydroxyl groups excluding tert-OH is 1. The second kappa shape index (κ2) is 7.14. The number of nitrogens with zero attached hydrogens (tertiary/aromatic N) is 2. The minimum absolute atomic E-state index is 0.312. The summed E-state index contributed by atoms with van der Waals surface area (Å²) in [7, 11) is -3.52. The van der Waals surface area contributed by atoms with E-state index >= 15 is 0 Å². The zero-order valence-electron chi connectivity index (χ0n) is 13.2. The number of sulfonamides is 1. The number of hydrogen-bond acceptors (Lipinski definition) is 4. The van der Waals surface area contributed by atoms with Gasteiger partial charge in [-0.25, -0.2) is 8.42 Å². The van der Waals surface area contributed by atoms with Crippen LogP contribution in [0.1, 0.15) is 36.8 Å². The zero-order valence-corrected chi connectivity index (χ0v) is 14.0. The summed E-state index contributed by atoms with van der Waals surface area (Å²) in [5.41, 5.74) is 1.73. The van der Waals surface area contributed by atoms with Crippen LogP contribution in [-0.2, 0) is 10.0 Å². The molecule has 1 aliphatic rings. The van der Waals surface area contributed by atoms with Gasteiger partial charge in [-0.05, 0) is 24.1 Å². The predicted molar refractivity (Wildman–Crippen MR) is 87.9 cm³/mol. The van der Waals surface area contributed by atoms with E-state index in [1.807, 2.05) is 30.3 Å². The van der Waals surface area contributed by atoms with Gasteiger partial charge in [-0.1, -0.05) is 30.9 Å². The fraction of sp³-hybridized carbons (Fsp3) is 0.471. The van der Waals surface area contributed by atoms with Crippen molar-refractivity contribution in [2.24, 2.45) is 0 Å². The maximum atomic E-state index is 11.8. The molecule has 5 nitrogen and oxygen atoms in total. The van der Waals surface area contributed by atoms with Gasteiger partial charge in [0.15, 0.2) is 0 Å². The molecule has 0 spiro atoms. The van der Waals surface area contributed by atoms with Crippen molar-refractivity contribution in [2.75, 3.05) is 12.9 Å². The lowest BCUT2D eigenvalue weighted by molar-refractivity contribution is 0.0564. The molecule has 6 heteroatoms. The molecule has 3 atom stereocenters. The SMILES string of the molecule is CCCC#Cc1ccc([C@@H]2[C@@H](C#N)N(S(C)(=O)=O)[C@H]2CO)cc1. The van der Waals surface area contributed by atoms with E-state index in [1.165, 1.54) is 0 Å². The van der Waals surface area contributed by atoms with Gasteiger partial charge in [0.25, 0.3) is 0 Å². The summed E-state index contributed by atoms with van der Waals surface area (Å²) in [4.78, 5) is 0. The number of benzene rings is 1. The van der Waals surface area contributed by atoms with Crippen molar-refractivity contribution in [1.29, 1.82) is 5.26 Å². The Kier molecular flexibility index (Phi) is 5.43. The van der Waals surface area contributed by atoms with Crippen LogP contribution in [0, 0.1) is 23.2 Å². The van der Waals surface area contributed by atoms with Crippen LogP contribution in [0.5, 0.6) is 0 Å². The Hall–Kier alpha value is -1.86. The summed E-state index contributed by atoms with van der Waals surface area (Å²) in [5, 5.41) is 18.8. The average molecular weight is 332 g/mol. The summed E-state index contributed by atoms with van der Waals surface area (Å²) in [5.74, 6) is 5.80. The molecule has 122 valence electrons. The average Bonchev–Trinajstić information content (AvgIpc) is 2.47. The van der Waals surface area contributed by atoms with E-state index in [0.29, 0.717) is 0 Å². The third-order valence-electron chi connectivity index (χ3n) is 3.96. The van der Waals surface area contributed by atoms with Gasteiger partial charge in [0.05, 0.1) is 25.0 Å². The molecule has 1 saturated heterocycles. The molecule has 2 rings (SSSR count). The number of unbranched alkanes of at least 4 members (excludes halogenated alkanes) is 1. The third kappa shape index (κ3) is 3.56. The lowest BCUT2D eigenvalue weighted by Crippen LogP contribution is -2.64. The molecule has 23 heavy (non-hydrogen) atoms. The summed E-state index contributed by atoms with van der Waals surface area (Å²) in [6.07, 6.45) is 2.91. The molecule has 1 aromatic rings. The van der Waals surface area contributed by atoms with Crippen molar-refractivity contribution in [1.82, 2.24) is 4.31 Å². The van der Waals surface area contributed by atoms with E-state index in [2.05, 4.69) is 18.8 Å². The first-order valence-electron chi connectivity index (χ1n) is 7.51. The largest absolute Gasteiger partial charge is 0.395 e. The van der Waals surface area contributed by atoms with Crippen LogP contribution in [0.4, 0.5) is 0 Å². The van der Waals surface area contributed by atoms with Crippen molar-refractivity contribution in [3.05, 3.63) is 35.4 Å². The van der Waals surface area contributed by atoms with Gasteiger partial charge in [-0.15, -0.1) is 0 Å². The molecule has 0 unspecified atom stereocenters. The molecule has 0 amide bonds. The molecular weight excluding hydrogens is 312 g/mol. The molecule has 1 aliphatic heterocycles. The fourth-order valence-corrected chi connectivity index (χ4v) is 4.18. The van der Waals surface area contributed by atoms with Gasteiger partial charge in [0.1, 0.15) is 6.04 Å². The molecule has 1 N–H and O–H groups in total. The van der Waals surface area contributed by atoms with Crippen molar-refractivity contribution in [3.8, 4) is 17.9 Å². The lowest BCUT2D eigenvalue weighted by atomic mass is 9.78. The van der Waals surface area contributed by atoms with Gasteiger partial charge in [-0.3, -0.25) is 0 Å². The Labute approximate surface area is 137 Å². The van der Waals surface area contributed by atoms with Crippen LogP contribution < -0.4 is 0 Å². The highest BCUT2D eigenvalue weighted by molar-refractivity contribution is 7.88.